The molecule has 0 aromatic carbocycles. The first kappa shape index (κ1) is 29.7. The topological polar surface area (TPSA) is 107 Å². The number of aliphatic hydroxyl groups is 4. The molecule has 0 radical (unpaired) electrons. The van der Waals surface area contributed by atoms with E-state index in [9.17, 15) is 15.0 Å². The summed E-state index contributed by atoms with van der Waals surface area (Å²) in [6.07, 6.45) is 8.62. The van der Waals surface area contributed by atoms with E-state index in [1.807, 2.05) is 0 Å². The van der Waals surface area contributed by atoms with Crippen molar-refractivity contribution in [3.63, 3.8) is 0 Å². The average molecular weight is 517 g/mol. The van der Waals surface area contributed by atoms with Crippen LogP contribution in [0.5, 0.6) is 0 Å². The Kier molecular flexibility index (Phi) is 12.4. The monoisotopic (exact) mass is 516 g/mol. The van der Waals surface area contributed by atoms with Gasteiger partial charge in [0.2, 0.25) is 0 Å². The minimum absolute atomic E-state index is 0.0461. The molecule has 4 N–H and O–H groups in total. The van der Waals surface area contributed by atoms with Gasteiger partial charge in [-0.25, -0.2) is 4.79 Å². The summed E-state index contributed by atoms with van der Waals surface area (Å²) in [5, 5.41) is 36.7. The van der Waals surface area contributed by atoms with Crippen molar-refractivity contribution in [1.29, 1.82) is 0 Å². The van der Waals surface area contributed by atoms with E-state index in [1.165, 1.54) is 25.7 Å². The van der Waals surface area contributed by atoms with Gasteiger partial charge < -0.3 is 25.2 Å². The third-order valence-electron chi connectivity index (χ3n) is 6.73. The summed E-state index contributed by atoms with van der Waals surface area (Å²) in [7, 11) is 0. The van der Waals surface area contributed by atoms with Crippen LogP contribution in [0.1, 0.15) is 65.2 Å². The third-order valence-corrected chi connectivity index (χ3v) is 7.92. The van der Waals surface area contributed by atoms with Crippen LogP contribution in [0.2, 0.25) is 0 Å². The van der Waals surface area contributed by atoms with Gasteiger partial charge >= 0.3 is 5.97 Å². The molecule has 2 fully saturated rings. The van der Waals surface area contributed by atoms with E-state index < -0.39 is 20.7 Å². The minimum atomic E-state index is -1.55. The van der Waals surface area contributed by atoms with E-state index in [4.69, 9.17) is 10.2 Å². The van der Waals surface area contributed by atoms with Crippen molar-refractivity contribution in [3.05, 3.63) is 0 Å². The largest absolute Gasteiger partial charge is 0.462 e. The molecule has 2 aliphatic rings. The first-order valence-electron chi connectivity index (χ1n) is 10.9. The van der Waals surface area contributed by atoms with Crippen LogP contribution in [-0.2, 0) is 9.53 Å². The summed E-state index contributed by atoms with van der Waals surface area (Å²) in [4.78, 5) is 11.2. The Morgan fingerprint density at radius 1 is 0.806 bits per heavy atom. The van der Waals surface area contributed by atoms with Gasteiger partial charge in [-0.1, -0.05) is 13.8 Å². The molecule has 0 amide bonds. The van der Waals surface area contributed by atoms with Gasteiger partial charge in [-0.3, -0.25) is 0 Å². The summed E-state index contributed by atoms with van der Waals surface area (Å²) >= 11 is 15.4. The molecule has 0 unspecified atom stereocenters. The molecule has 31 heavy (non-hydrogen) atoms. The van der Waals surface area contributed by atoms with Gasteiger partial charge in [0.25, 0.3) is 0 Å². The van der Waals surface area contributed by atoms with Crippen molar-refractivity contribution in [2.45, 2.75) is 85.6 Å². The Morgan fingerprint density at radius 3 is 1.52 bits per heavy atom. The fraction of sp³-hybridized carbons (Fsp3) is 0.952. The molecule has 6 nitrogen and oxygen atoms in total. The van der Waals surface area contributed by atoms with Crippen LogP contribution < -0.4 is 0 Å². The molecule has 0 saturated heterocycles. The van der Waals surface area contributed by atoms with E-state index in [0.717, 1.165) is 37.5 Å². The zero-order valence-electron chi connectivity index (χ0n) is 18.5. The Hall–Kier alpha value is 0.710. The number of carbonyl (C=O) groups excluding carboxylic acids is 1. The number of hydrogen-bond donors (Lipinski definition) is 8. The third kappa shape index (κ3) is 9.84. The molecule has 184 valence electrons. The van der Waals surface area contributed by atoms with Crippen LogP contribution in [0.15, 0.2) is 0 Å². The molecule has 0 aromatic heterocycles. The maximum atomic E-state index is 11.2. The Balaban J connectivity index is 0.000000318. The van der Waals surface area contributed by atoms with Crippen molar-refractivity contribution < 1.29 is 30.0 Å². The molecule has 2 rings (SSSR count). The molecule has 0 aromatic rings. The Bertz CT molecular complexity index is 518. The molecule has 0 atom stereocenters. The zero-order valence-corrected chi connectivity index (χ0v) is 22.1. The number of esters is 1. The molecule has 0 heterocycles. The molecular formula is C21H40O6S4. The quantitative estimate of drug-likeness (QED) is 0.150. The van der Waals surface area contributed by atoms with Crippen molar-refractivity contribution in [2.24, 2.45) is 17.3 Å². The van der Waals surface area contributed by atoms with Gasteiger partial charge in [-0.05, 0) is 68.6 Å². The van der Waals surface area contributed by atoms with E-state index >= 15 is 0 Å². The highest BCUT2D eigenvalue weighted by Crippen LogP contribution is 2.48. The molecule has 2 saturated carbocycles. The smallest absolute Gasteiger partial charge is 0.334 e. The van der Waals surface area contributed by atoms with Gasteiger partial charge in [0.1, 0.15) is 10.7 Å². The van der Waals surface area contributed by atoms with Crippen molar-refractivity contribution in [2.75, 3.05) is 19.8 Å². The summed E-state index contributed by atoms with van der Waals surface area (Å²) < 4.78 is 2.03. The maximum Gasteiger partial charge on any atom is 0.334 e. The average Bonchev–Trinajstić information content (AvgIpc) is 2.73. The maximum absolute atomic E-state index is 11.2. The van der Waals surface area contributed by atoms with Crippen molar-refractivity contribution in [3.8, 4) is 0 Å². The van der Waals surface area contributed by atoms with Crippen LogP contribution >= 0.6 is 50.5 Å². The van der Waals surface area contributed by atoms with Gasteiger partial charge in [-0.15, -0.1) is 25.3 Å². The predicted octanol–water partition coefficient (Wildman–Crippen LogP) is 2.74. The zero-order chi connectivity index (χ0) is 23.9. The number of rotatable bonds is 7. The van der Waals surface area contributed by atoms with Crippen molar-refractivity contribution >= 4 is 56.5 Å². The summed E-state index contributed by atoms with van der Waals surface area (Å²) in [6.45, 7) is 3.69. The van der Waals surface area contributed by atoms with E-state index in [2.05, 4.69) is 69.1 Å². The number of thiol groups is 4. The second-order valence-electron chi connectivity index (χ2n) is 9.52. The van der Waals surface area contributed by atoms with E-state index in [-0.39, 0.29) is 25.4 Å². The van der Waals surface area contributed by atoms with Gasteiger partial charge in [0.15, 0.2) is 4.08 Å². The SMILES string of the molecule is CC(C)(C1CCC(O)CC1)C1CCC(O)CC1.O=C(OCC(S)(S)CO)C(S)(S)CO. The lowest BCUT2D eigenvalue weighted by Crippen LogP contribution is -2.38. The van der Waals surface area contributed by atoms with Gasteiger partial charge in [0, 0.05) is 0 Å². The summed E-state index contributed by atoms with van der Waals surface area (Å²) in [5.74, 6) is 0.727. The van der Waals surface area contributed by atoms with Crippen LogP contribution in [0.4, 0.5) is 0 Å². The standard InChI is InChI=1S/C15H28O2.C6H12O4S4/c1-15(2,11-3-7-13(16)8-4-11)12-5-9-14(17)10-6-12;7-1-5(11,12)3-10-4(9)6(13,14)2-8/h11-14,16-17H,3-10H2,1-2H3;7-8,11-14H,1-3H2. The second-order valence-corrected chi connectivity index (χ2v) is 13.5. The highest BCUT2D eigenvalue weighted by Gasteiger charge is 2.40. The number of ether oxygens (including phenoxy) is 1. The van der Waals surface area contributed by atoms with Gasteiger partial charge in [-0.2, -0.15) is 25.3 Å². The first-order chi connectivity index (χ1) is 14.2. The number of aliphatic hydroxyl groups excluding tert-OH is 4. The minimum Gasteiger partial charge on any atom is -0.462 e. The lowest BCUT2D eigenvalue weighted by Gasteiger charge is -2.46. The molecule has 2 aliphatic carbocycles. The molecule has 10 heteroatoms. The summed E-state index contributed by atoms with van der Waals surface area (Å²) in [5.41, 5.74) is 0.389. The lowest BCUT2D eigenvalue weighted by molar-refractivity contribution is -0.145. The van der Waals surface area contributed by atoms with Crippen LogP contribution in [0.25, 0.3) is 0 Å². The normalized spacial score (nSPS) is 27.8. The molecule has 0 aliphatic heterocycles. The van der Waals surface area contributed by atoms with E-state index in [0.29, 0.717) is 5.41 Å². The fourth-order valence-corrected chi connectivity index (χ4v) is 4.64. The highest BCUT2D eigenvalue weighted by molar-refractivity contribution is 8.02. The predicted molar refractivity (Wildman–Crippen MR) is 136 cm³/mol. The second kappa shape index (κ2) is 13.0. The highest BCUT2D eigenvalue weighted by atomic mass is 32.2. The fourth-order valence-electron chi connectivity index (χ4n) is 4.38. The number of carbonyl (C=O) groups is 1. The van der Waals surface area contributed by atoms with E-state index in [1.54, 1.807) is 0 Å². The lowest BCUT2D eigenvalue weighted by atomic mass is 9.60. The first-order valence-corrected chi connectivity index (χ1v) is 12.7. The Labute approximate surface area is 208 Å². The summed E-state index contributed by atoms with van der Waals surface area (Å²) in [6, 6.07) is 0. The van der Waals surface area contributed by atoms with Crippen LogP contribution in [-0.4, -0.2) is 66.6 Å². The van der Waals surface area contributed by atoms with Crippen LogP contribution in [0, 0.1) is 17.3 Å². The van der Waals surface area contributed by atoms with Crippen LogP contribution in [0.3, 0.4) is 0 Å². The van der Waals surface area contributed by atoms with Crippen molar-refractivity contribution in [1.82, 2.24) is 0 Å². The molecular weight excluding hydrogens is 476 g/mol. The molecule has 0 bridgehead atoms. The van der Waals surface area contributed by atoms with Gasteiger partial charge in [0.05, 0.1) is 25.4 Å². The molecule has 0 spiro atoms. The number of hydrogen-bond acceptors (Lipinski definition) is 10. The Morgan fingerprint density at radius 2 is 1.19 bits per heavy atom.